The molecule has 0 radical (unpaired) electrons. The second-order valence-corrected chi connectivity index (χ2v) is 13.2. The van der Waals surface area contributed by atoms with Crippen LogP contribution in [-0.2, 0) is 18.6 Å². The van der Waals surface area contributed by atoms with Crippen molar-refractivity contribution >= 4 is 38.9 Å². The number of ketones is 1. The number of rotatable bonds is 13. The molecule has 0 fully saturated rings. The highest BCUT2D eigenvalue weighted by molar-refractivity contribution is 8.30. The molecule has 7 heteroatoms. The van der Waals surface area contributed by atoms with Crippen molar-refractivity contribution < 1.29 is 18.6 Å². The summed E-state index contributed by atoms with van der Waals surface area (Å²) in [5.74, 6) is 1.24. The zero-order valence-corrected chi connectivity index (χ0v) is 20.8. The fraction of sp³-hybridized carbons (Fsp3) is 0.682. The van der Waals surface area contributed by atoms with Gasteiger partial charge >= 0.3 is 0 Å². The molecule has 0 saturated heterocycles. The first kappa shape index (κ1) is 27.9. The summed E-state index contributed by atoms with van der Waals surface area (Å²) in [6, 6.07) is 0. The van der Waals surface area contributed by atoms with Gasteiger partial charge in [0.25, 0.3) is 0 Å². The number of carbonyl (C=O) groups is 3. The highest BCUT2D eigenvalue weighted by atomic mass is 32.3. The van der Waals surface area contributed by atoms with Gasteiger partial charge in [-0.05, 0) is 37.3 Å². The number of allylic oxidation sites excluding steroid dienone is 4. The van der Waals surface area contributed by atoms with Crippen LogP contribution in [0, 0.1) is 0 Å². The number of amides is 1. The van der Waals surface area contributed by atoms with E-state index in [1.54, 1.807) is 13.0 Å². The van der Waals surface area contributed by atoms with E-state index in [-0.39, 0.29) is 28.0 Å². The van der Waals surface area contributed by atoms with Gasteiger partial charge in [-0.2, -0.15) is 0 Å². The maximum atomic E-state index is 12.1. The lowest BCUT2D eigenvalue weighted by Gasteiger charge is -2.46. The van der Waals surface area contributed by atoms with E-state index in [0.29, 0.717) is 17.9 Å². The molecule has 0 aromatic carbocycles. The molecule has 0 rings (SSSR count). The van der Waals surface area contributed by atoms with E-state index in [1.807, 2.05) is 12.2 Å². The lowest BCUT2D eigenvalue weighted by Crippen LogP contribution is -2.28. The minimum atomic E-state index is -1.07. The lowest BCUT2D eigenvalue weighted by atomic mass is 10.1. The van der Waals surface area contributed by atoms with Crippen molar-refractivity contribution in [1.29, 1.82) is 0 Å². The summed E-state index contributed by atoms with van der Waals surface area (Å²) in [6.45, 7) is 13.2. The van der Waals surface area contributed by atoms with Crippen LogP contribution in [0.2, 0.25) is 0 Å². The van der Waals surface area contributed by atoms with Crippen molar-refractivity contribution in [2.24, 2.45) is 0 Å². The van der Waals surface area contributed by atoms with Crippen LogP contribution in [0.15, 0.2) is 23.8 Å². The highest BCUT2D eigenvalue weighted by Gasteiger charge is 2.31. The van der Waals surface area contributed by atoms with Gasteiger partial charge in [-0.15, -0.1) is 10.3 Å². The molecule has 0 saturated carbocycles. The third kappa shape index (κ3) is 12.3. The Morgan fingerprint density at radius 1 is 1.17 bits per heavy atom. The number of nitrogens with one attached hydrogen (secondary N) is 1. The van der Waals surface area contributed by atoms with Crippen LogP contribution in [0.3, 0.4) is 0 Å². The van der Waals surface area contributed by atoms with Crippen molar-refractivity contribution in [1.82, 2.24) is 5.32 Å². The standard InChI is InChI=1S/C22H39NO4S2/c1-8-29(7,22(4,5)6)27-15-12-10-9-11-13-18(2)20(25)17-21(26)28-16-14-23-19(3)24/h9,11,13H,8,10,12,14-17H2,1-7H3,(H,23,24)/b11-9+,18-13+. The van der Waals surface area contributed by atoms with Crippen LogP contribution >= 0.6 is 22.1 Å². The Morgan fingerprint density at radius 2 is 1.83 bits per heavy atom. The van der Waals surface area contributed by atoms with E-state index >= 15 is 0 Å². The number of thioether (sulfide) groups is 1. The Bertz CT molecular complexity index is 608. The molecule has 1 atom stereocenters. The number of hydrogen-bond acceptors (Lipinski definition) is 5. The molecule has 0 aliphatic heterocycles. The van der Waals surface area contributed by atoms with E-state index in [1.165, 1.54) is 6.92 Å². The molecule has 5 nitrogen and oxygen atoms in total. The Balaban J connectivity index is 4.18. The molecule has 1 amide bonds. The zero-order valence-electron chi connectivity index (χ0n) is 19.1. The molecule has 0 aromatic rings. The lowest BCUT2D eigenvalue weighted by molar-refractivity contribution is -0.121. The van der Waals surface area contributed by atoms with Crippen molar-refractivity contribution in [2.75, 3.05) is 30.9 Å². The largest absolute Gasteiger partial charge is 0.356 e. The van der Waals surface area contributed by atoms with E-state index in [2.05, 4.69) is 39.3 Å². The average Bonchev–Trinajstić information content (AvgIpc) is 2.62. The van der Waals surface area contributed by atoms with Gasteiger partial charge in [0.1, 0.15) is 0 Å². The minimum absolute atomic E-state index is 0.111. The number of hydrogen-bond donors (Lipinski definition) is 1. The Labute approximate surface area is 183 Å². The quantitative estimate of drug-likeness (QED) is 0.191. The monoisotopic (exact) mass is 445 g/mol. The molecule has 0 heterocycles. The first-order valence-corrected chi connectivity index (χ1v) is 13.2. The van der Waals surface area contributed by atoms with Gasteiger partial charge in [0.2, 0.25) is 5.91 Å². The topological polar surface area (TPSA) is 72.5 Å². The molecule has 1 N–H and O–H groups in total. The van der Waals surface area contributed by atoms with Crippen molar-refractivity contribution in [3.63, 3.8) is 0 Å². The molecular formula is C22H39NO4S2. The summed E-state index contributed by atoms with van der Waals surface area (Å²) in [5, 5.41) is 2.45. The fourth-order valence-corrected chi connectivity index (χ4v) is 4.79. The molecule has 0 aromatic heterocycles. The maximum absolute atomic E-state index is 12.1. The molecule has 29 heavy (non-hydrogen) atoms. The summed E-state index contributed by atoms with van der Waals surface area (Å²) in [7, 11) is -1.07. The maximum Gasteiger partial charge on any atom is 0.216 e. The van der Waals surface area contributed by atoms with Crippen LogP contribution in [0.1, 0.15) is 60.8 Å². The average molecular weight is 446 g/mol. The predicted octanol–water partition coefficient (Wildman–Crippen LogP) is 4.81. The van der Waals surface area contributed by atoms with Crippen molar-refractivity contribution in [2.45, 2.75) is 65.6 Å². The Kier molecular flexibility index (Phi) is 13.5. The van der Waals surface area contributed by atoms with E-state index in [9.17, 15) is 14.4 Å². The van der Waals surface area contributed by atoms with Gasteiger partial charge in [-0.1, -0.05) is 57.7 Å². The van der Waals surface area contributed by atoms with Gasteiger partial charge in [-0.25, -0.2) is 0 Å². The minimum Gasteiger partial charge on any atom is -0.356 e. The third-order valence-electron chi connectivity index (χ3n) is 4.67. The smallest absolute Gasteiger partial charge is 0.216 e. The summed E-state index contributed by atoms with van der Waals surface area (Å²) < 4.78 is 6.40. The van der Waals surface area contributed by atoms with E-state index in [0.717, 1.165) is 37.0 Å². The predicted molar refractivity (Wildman–Crippen MR) is 128 cm³/mol. The normalized spacial score (nSPS) is 15.8. The second kappa shape index (κ2) is 14.0. The number of carbonyl (C=O) groups excluding carboxylic acids is 3. The summed E-state index contributed by atoms with van der Waals surface area (Å²) >= 11 is 1.08. The summed E-state index contributed by atoms with van der Waals surface area (Å²) in [4.78, 5) is 34.6. The molecule has 0 aliphatic rings. The van der Waals surface area contributed by atoms with Crippen LogP contribution in [0.4, 0.5) is 0 Å². The third-order valence-corrected chi connectivity index (χ3v) is 9.92. The summed E-state index contributed by atoms with van der Waals surface area (Å²) in [6.07, 6.45) is 9.63. The number of Topliss-reactive ketones (excluding diaryl/α,β-unsaturated/α-hetero) is 1. The van der Waals surface area contributed by atoms with Crippen LogP contribution in [0.5, 0.6) is 0 Å². The zero-order chi connectivity index (χ0) is 22.5. The van der Waals surface area contributed by atoms with Crippen molar-refractivity contribution in [3.05, 3.63) is 23.8 Å². The second-order valence-electron chi connectivity index (χ2n) is 7.95. The van der Waals surface area contributed by atoms with Gasteiger partial charge in [0.15, 0.2) is 10.9 Å². The first-order chi connectivity index (χ1) is 13.4. The van der Waals surface area contributed by atoms with E-state index < -0.39 is 10.3 Å². The van der Waals surface area contributed by atoms with E-state index in [4.69, 9.17) is 4.18 Å². The summed E-state index contributed by atoms with van der Waals surface area (Å²) in [5.41, 5.74) is 0.573. The SMILES string of the molecule is CCS(C)(OCCC/C=C/C=C(\C)C(=O)CC(=O)SCCNC(C)=O)C(C)(C)C. The molecule has 1 unspecified atom stereocenters. The van der Waals surface area contributed by atoms with Gasteiger partial charge in [-0.3, -0.25) is 14.4 Å². The first-order valence-electron chi connectivity index (χ1n) is 10.1. The van der Waals surface area contributed by atoms with Crippen LogP contribution in [0.25, 0.3) is 0 Å². The fourth-order valence-electron chi connectivity index (χ4n) is 2.25. The van der Waals surface area contributed by atoms with Gasteiger partial charge in [0.05, 0.1) is 13.0 Å². The molecule has 0 spiro atoms. The Morgan fingerprint density at radius 3 is 2.38 bits per heavy atom. The number of unbranched alkanes of at least 4 members (excludes halogenated alkanes) is 1. The molecule has 0 aliphatic carbocycles. The molecular weight excluding hydrogens is 406 g/mol. The van der Waals surface area contributed by atoms with Crippen LogP contribution in [-0.4, -0.2) is 52.5 Å². The van der Waals surface area contributed by atoms with Gasteiger partial charge < -0.3 is 9.50 Å². The van der Waals surface area contributed by atoms with Crippen LogP contribution < -0.4 is 5.32 Å². The Hall–Kier alpha value is -1.05. The van der Waals surface area contributed by atoms with Crippen molar-refractivity contribution in [3.8, 4) is 0 Å². The molecule has 0 bridgehead atoms. The van der Waals surface area contributed by atoms with Gasteiger partial charge in [0, 0.05) is 24.0 Å². The highest BCUT2D eigenvalue weighted by Crippen LogP contribution is 2.56. The molecule has 168 valence electrons.